The Hall–Kier alpha value is -1.66. The minimum Gasteiger partial charge on any atom is -0.480 e. The van der Waals surface area contributed by atoms with Crippen molar-refractivity contribution in [3.8, 4) is 5.75 Å². The molecule has 0 amide bonds. The summed E-state index contributed by atoms with van der Waals surface area (Å²) in [5.41, 5.74) is 0.509. The molecule has 0 bridgehead atoms. The highest BCUT2D eigenvalue weighted by atomic mass is 35.5. The molecule has 20 heavy (non-hydrogen) atoms. The maximum absolute atomic E-state index is 13.8. The van der Waals surface area contributed by atoms with Crippen LogP contribution in [0.25, 0.3) is 0 Å². The lowest BCUT2D eigenvalue weighted by Crippen LogP contribution is -2.08. The highest BCUT2D eigenvalue weighted by Gasteiger charge is 2.14. The first-order valence-corrected chi connectivity index (χ1v) is 6.32. The average Bonchev–Trinajstić information content (AvgIpc) is 2.70. The second-order valence-electron chi connectivity index (χ2n) is 4.26. The molecule has 7 heteroatoms. The van der Waals surface area contributed by atoms with Crippen molar-refractivity contribution in [3.05, 3.63) is 46.5 Å². The van der Waals surface area contributed by atoms with Gasteiger partial charge in [0, 0.05) is 13.6 Å². The third-order valence-corrected chi connectivity index (χ3v) is 3.16. The summed E-state index contributed by atoms with van der Waals surface area (Å²) in [6, 6.07) is 2.47. The van der Waals surface area contributed by atoms with E-state index in [4.69, 9.17) is 16.3 Å². The van der Waals surface area contributed by atoms with E-state index in [1.165, 1.54) is 18.3 Å². The Morgan fingerprint density at radius 2 is 2.00 bits per heavy atom. The summed E-state index contributed by atoms with van der Waals surface area (Å²) in [5, 5.41) is 3.25. The number of nitrogens with zero attached hydrogens (tertiary/aromatic N) is 2. The number of imidazole rings is 1. The Labute approximate surface area is 120 Å². The average molecular weight is 302 g/mol. The van der Waals surface area contributed by atoms with E-state index in [1.807, 2.05) is 0 Å². The third kappa shape index (κ3) is 3.08. The van der Waals surface area contributed by atoms with Crippen LogP contribution < -0.4 is 10.1 Å². The molecule has 2 rings (SSSR count). The molecular weight excluding hydrogens is 288 g/mol. The summed E-state index contributed by atoms with van der Waals surface area (Å²) < 4.78 is 34.3. The van der Waals surface area contributed by atoms with Gasteiger partial charge in [0.25, 0.3) is 0 Å². The molecule has 0 saturated heterocycles. The molecule has 0 aliphatic carbocycles. The van der Waals surface area contributed by atoms with Crippen LogP contribution in [0.15, 0.2) is 18.3 Å². The predicted molar refractivity (Wildman–Crippen MR) is 71.7 cm³/mol. The van der Waals surface area contributed by atoms with E-state index in [0.29, 0.717) is 23.1 Å². The molecule has 0 aliphatic rings. The number of ether oxygens (including phenoxy) is 1. The van der Waals surface area contributed by atoms with Gasteiger partial charge in [0.2, 0.25) is 0 Å². The van der Waals surface area contributed by atoms with Gasteiger partial charge in [0.1, 0.15) is 17.6 Å². The zero-order chi connectivity index (χ0) is 14.7. The molecule has 0 unspecified atom stereocenters. The molecule has 4 nitrogen and oxygen atoms in total. The molecule has 0 fully saturated rings. The van der Waals surface area contributed by atoms with Crippen molar-refractivity contribution < 1.29 is 13.5 Å². The first-order valence-electron chi connectivity index (χ1n) is 5.94. The molecule has 0 spiro atoms. The van der Waals surface area contributed by atoms with Gasteiger partial charge in [-0.25, -0.2) is 13.8 Å². The lowest BCUT2D eigenvalue weighted by molar-refractivity contribution is 0.262. The van der Waals surface area contributed by atoms with E-state index in [0.717, 1.165) is 0 Å². The van der Waals surface area contributed by atoms with Gasteiger partial charge in [-0.15, -0.1) is 0 Å². The van der Waals surface area contributed by atoms with Crippen molar-refractivity contribution in [2.24, 2.45) is 7.05 Å². The summed E-state index contributed by atoms with van der Waals surface area (Å²) in [6.07, 6.45) is 1.45. The van der Waals surface area contributed by atoms with Crippen molar-refractivity contribution in [1.29, 1.82) is 0 Å². The number of rotatable bonds is 5. The van der Waals surface area contributed by atoms with Crippen LogP contribution >= 0.6 is 11.6 Å². The topological polar surface area (TPSA) is 39.1 Å². The molecule has 1 aromatic carbocycles. The zero-order valence-electron chi connectivity index (χ0n) is 11.1. The van der Waals surface area contributed by atoms with Gasteiger partial charge in [0.15, 0.2) is 17.4 Å². The number of nitrogens with one attached hydrogen (secondary N) is 1. The number of aromatic nitrogens is 2. The monoisotopic (exact) mass is 301 g/mol. The van der Waals surface area contributed by atoms with E-state index < -0.39 is 17.4 Å². The number of benzene rings is 1. The van der Waals surface area contributed by atoms with Crippen LogP contribution in [-0.2, 0) is 20.2 Å². The van der Waals surface area contributed by atoms with Crippen molar-refractivity contribution in [3.63, 3.8) is 0 Å². The fraction of sp³-hybridized carbons (Fsp3) is 0.308. The van der Waals surface area contributed by atoms with Gasteiger partial charge in [-0.2, -0.15) is 0 Å². The Morgan fingerprint density at radius 1 is 1.35 bits per heavy atom. The van der Waals surface area contributed by atoms with E-state index in [-0.39, 0.29) is 6.61 Å². The highest BCUT2D eigenvalue weighted by Crippen LogP contribution is 2.24. The van der Waals surface area contributed by atoms with Gasteiger partial charge < -0.3 is 14.6 Å². The van der Waals surface area contributed by atoms with E-state index in [2.05, 4.69) is 10.3 Å². The molecule has 0 aliphatic heterocycles. The first-order chi connectivity index (χ1) is 9.52. The fourth-order valence-electron chi connectivity index (χ4n) is 1.75. The van der Waals surface area contributed by atoms with Gasteiger partial charge in [0.05, 0.1) is 6.20 Å². The largest absolute Gasteiger partial charge is 0.480 e. The van der Waals surface area contributed by atoms with Crippen LogP contribution in [0.3, 0.4) is 0 Å². The molecule has 0 radical (unpaired) electrons. The lowest BCUT2D eigenvalue weighted by Gasteiger charge is -2.10. The third-order valence-electron chi connectivity index (χ3n) is 2.81. The highest BCUT2D eigenvalue weighted by molar-refractivity contribution is 6.29. The Kier molecular flexibility index (Phi) is 4.57. The van der Waals surface area contributed by atoms with Gasteiger partial charge >= 0.3 is 0 Å². The van der Waals surface area contributed by atoms with Gasteiger partial charge in [-0.05, 0) is 24.7 Å². The molecule has 1 N–H and O–H groups in total. The van der Waals surface area contributed by atoms with Crippen LogP contribution in [0, 0.1) is 11.6 Å². The molecule has 1 aromatic heterocycles. The van der Waals surface area contributed by atoms with Crippen LogP contribution in [-0.4, -0.2) is 16.6 Å². The summed E-state index contributed by atoms with van der Waals surface area (Å²) in [6.45, 7) is 0.311. The van der Waals surface area contributed by atoms with E-state index in [9.17, 15) is 8.78 Å². The molecule has 1 heterocycles. The lowest BCUT2D eigenvalue weighted by atomic mass is 10.2. The van der Waals surface area contributed by atoms with E-state index in [1.54, 1.807) is 18.7 Å². The smallest absolute Gasteiger partial charge is 0.191 e. The second-order valence-corrected chi connectivity index (χ2v) is 4.65. The minimum absolute atomic E-state index is 0.0670. The fourth-order valence-corrected chi connectivity index (χ4v) is 1.90. The molecule has 0 saturated carbocycles. The number of hydrogen-bond donors (Lipinski definition) is 1. The zero-order valence-corrected chi connectivity index (χ0v) is 11.8. The minimum atomic E-state index is -0.740. The maximum Gasteiger partial charge on any atom is 0.191 e. The standard InChI is InChI=1S/C13H14ClF2N3O/c1-17-5-8-3-9(15)13(10(16)4-8)20-7-12-18-6-11(14)19(12)2/h3-4,6,17H,5,7H2,1-2H3. The predicted octanol–water partition coefficient (Wildman–Crippen LogP) is 2.65. The number of halogens is 3. The van der Waals surface area contributed by atoms with Crippen molar-refractivity contribution in [1.82, 2.24) is 14.9 Å². The van der Waals surface area contributed by atoms with Crippen LogP contribution in [0.2, 0.25) is 5.15 Å². The van der Waals surface area contributed by atoms with Crippen LogP contribution in [0.1, 0.15) is 11.4 Å². The number of hydrogen-bond acceptors (Lipinski definition) is 3. The van der Waals surface area contributed by atoms with Crippen molar-refractivity contribution in [2.75, 3.05) is 7.05 Å². The van der Waals surface area contributed by atoms with Crippen LogP contribution in [0.4, 0.5) is 8.78 Å². The molecule has 0 atom stereocenters. The van der Waals surface area contributed by atoms with Gasteiger partial charge in [-0.3, -0.25) is 0 Å². The SMILES string of the molecule is CNCc1cc(F)c(OCc2ncc(Cl)n2C)c(F)c1. The second kappa shape index (κ2) is 6.19. The Morgan fingerprint density at radius 3 is 2.50 bits per heavy atom. The summed E-state index contributed by atoms with van der Waals surface area (Å²) >= 11 is 5.82. The Balaban J connectivity index is 2.15. The summed E-state index contributed by atoms with van der Waals surface area (Å²) in [7, 11) is 3.39. The van der Waals surface area contributed by atoms with Crippen LogP contribution in [0.5, 0.6) is 5.75 Å². The first kappa shape index (κ1) is 14.7. The normalized spacial score (nSPS) is 10.8. The summed E-state index contributed by atoms with van der Waals surface area (Å²) in [5.74, 6) is -1.41. The van der Waals surface area contributed by atoms with Gasteiger partial charge in [-0.1, -0.05) is 11.6 Å². The molecule has 108 valence electrons. The summed E-state index contributed by atoms with van der Waals surface area (Å²) in [4.78, 5) is 3.99. The van der Waals surface area contributed by atoms with Crippen molar-refractivity contribution in [2.45, 2.75) is 13.2 Å². The molecule has 2 aromatic rings. The van der Waals surface area contributed by atoms with Crippen molar-refractivity contribution >= 4 is 11.6 Å². The molecular formula is C13H14ClF2N3O. The quantitative estimate of drug-likeness (QED) is 0.923. The maximum atomic E-state index is 13.8. The Bertz CT molecular complexity index is 593. The van der Waals surface area contributed by atoms with E-state index >= 15 is 0 Å².